The molecule has 116 valence electrons. The van der Waals surface area contributed by atoms with Crippen molar-refractivity contribution in [2.75, 3.05) is 26.7 Å². The Hall–Kier alpha value is -1.66. The number of nitrogens with one attached hydrogen (secondary N) is 1. The summed E-state index contributed by atoms with van der Waals surface area (Å²) < 4.78 is 5.27. The van der Waals surface area contributed by atoms with E-state index >= 15 is 0 Å². The van der Waals surface area contributed by atoms with Gasteiger partial charge in [0, 0.05) is 36.8 Å². The molecule has 1 heterocycles. The minimum absolute atomic E-state index is 0.0970. The molecule has 2 rings (SSSR count). The molecule has 1 unspecified atom stereocenters. The van der Waals surface area contributed by atoms with Gasteiger partial charge in [-0.05, 0) is 38.9 Å². The number of rotatable bonds is 7. The van der Waals surface area contributed by atoms with Gasteiger partial charge in [-0.3, -0.25) is 10.1 Å². The van der Waals surface area contributed by atoms with Crippen molar-refractivity contribution in [1.29, 1.82) is 0 Å². The second-order valence-corrected chi connectivity index (χ2v) is 5.54. The monoisotopic (exact) mass is 293 g/mol. The van der Waals surface area contributed by atoms with Crippen LogP contribution in [-0.4, -0.2) is 42.6 Å². The Kier molecular flexibility index (Phi) is 5.52. The molecule has 1 saturated heterocycles. The van der Waals surface area contributed by atoms with Crippen LogP contribution < -0.4 is 10.1 Å². The van der Waals surface area contributed by atoms with Gasteiger partial charge in [0.25, 0.3) is 5.69 Å². The van der Waals surface area contributed by atoms with Crippen LogP contribution >= 0.6 is 0 Å². The average Bonchev–Trinajstić information content (AvgIpc) is 2.97. The van der Waals surface area contributed by atoms with Gasteiger partial charge in [0.1, 0.15) is 5.75 Å². The molecule has 1 N–H and O–H groups in total. The van der Waals surface area contributed by atoms with E-state index in [1.54, 1.807) is 19.2 Å². The van der Waals surface area contributed by atoms with Crippen molar-refractivity contribution in [1.82, 2.24) is 10.2 Å². The van der Waals surface area contributed by atoms with Crippen molar-refractivity contribution in [3.63, 3.8) is 0 Å². The van der Waals surface area contributed by atoms with Crippen molar-refractivity contribution < 1.29 is 9.66 Å². The number of ether oxygens (including phenoxy) is 1. The molecule has 21 heavy (non-hydrogen) atoms. The molecule has 0 radical (unpaired) electrons. The standard InChI is InChI=1S/C15H23N3O3/c1-12(11-17-7-3-4-8-17)16-10-13-9-14(18(19)20)5-6-15(13)21-2/h5-6,9,12,16H,3-4,7-8,10-11H2,1-2H3. The first-order chi connectivity index (χ1) is 10.1. The molecule has 0 bridgehead atoms. The smallest absolute Gasteiger partial charge is 0.270 e. The van der Waals surface area contributed by atoms with Gasteiger partial charge < -0.3 is 15.0 Å². The summed E-state index contributed by atoms with van der Waals surface area (Å²) in [4.78, 5) is 12.9. The van der Waals surface area contributed by atoms with E-state index in [4.69, 9.17) is 4.74 Å². The van der Waals surface area contributed by atoms with E-state index in [0.29, 0.717) is 18.3 Å². The van der Waals surface area contributed by atoms with Gasteiger partial charge in [0.2, 0.25) is 0 Å². The number of likely N-dealkylation sites (tertiary alicyclic amines) is 1. The lowest BCUT2D eigenvalue weighted by Crippen LogP contribution is -2.37. The lowest BCUT2D eigenvalue weighted by atomic mass is 10.1. The molecule has 1 fully saturated rings. The van der Waals surface area contributed by atoms with Gasteiger partial charge in [0.15, 0.2) is 0 Å². The Balaban J connectivity index is 1.94. The Morgan fingerprint density at radius 3 is 2.76 bits per heavy atom. The van der Waals surface area contributed by atoms with Crippen LogP contribution in [0, 0.1) is 10.1 Å². The first-order valence-corrected chi connectivity index (χ1v) is 7.37. The average molecular weight is 293 g/mol. The highest BCUT2D eigenvalue weighted by Gasteiger charge is 2.16. The Bertz CT molecular complexity index is 487. The molecule has 1 aromatic carbocycles. The minimum atomic E-state index is -0.378. The predicted molar refractivity (Wildman–Crippen MR) is 81.6 cm³/mol. The third-order valence-corrected chi connectivity index (χ3v) is 3.85. The molecule has 0 aliphatic carbocycles. The molecular weight excluding hydrogens is 270 g/mol. The number of nitro benzene ring substituents is 1. The van der Waals surface area contributed by atoms with E-state index in [9.17, 15) is 10.1 Å². The molecule has 6 nitrogen and oxygen atoms in total. The molecule has 0 amide bonds. The third-order valence-electron chi connectivity index (χ3n) is 3.85. The van der Waals surface area contributed by atoms with Gasteiger partial charge in [-0.25, -0.2) is 0 Å². The highest BCUT2D eigenvalue weighted by atomic mass is 16.6. The van der Waals surface area contributed by atoms with Crippen molar-refractivity contribution in [3.05, 3.63) is 33.9 Å². The second kappa shape index (κ2) is 7.38. The fourth-order valence-electron chi connectivity index (χ4n) is 2.72. The lowest BCUT2D eigenvalue weighted by molar-refractivity contribution is -0.384. The maximum atomic E-state index is 10.9. The van der Waals surface area contributed by atoms with E-state index in [2.05, 4.69) is 17.1 Å². The molecular formula is C15H23N3O3. The largest absolute Gasteiger partial charge is 0.496 e. The highest BCUT2D eigenvalue weighted by Crippen LogP contribution is 2.23. The van der Waals surface area contributed by atoms with Crippen LogP contribution in [0.25, 0.3) is 0 Å². The number of nitrogens with zero attached hydrogens (tertiary/aromatic N) is 2. The SMILES string of the molecule is COc1ccc([N+](=O)[O-])cc1CNC(C)CN1CCCC1. The second-order valence-electron chi connectivity index (χ2n) is 5.54. The molecule has 0 saturated carbocycles. The van der Waals surface area contributed by atoms with Crippen LogP contribution in [0.1, 0.15) is 25.3 Å². The summed E-state index contributed by atoms with van der Waals surface area (Å²) in [5.74, 6) is 0.682. The summed E-state index contributed by atoms with van der Waals surface area (Å²) in [7, 11) is 1.58. The number of hydrogen-bond donors (Lipinski definition) is 1. The maximum absolute atomic E-state index is 10.9. The fourth-order valence-corrected chi connectivity index (χ4v) is 2.72. The molecule has 1 aliphatic heterocycles. The summed E-state index contributed by atoms with van der Waals surface area (Å²) in [5.41, 5.74) is 0.916. The molecule has 1 aliphatic rings. The molecule has 0 aromatic heterocycles. The van der Waals surface area contributed by atoms with E-state index in [0.717, 1.165) is 12.1 Å². The number of non-ortho nitro benzene ring substituents is 1. The summed E-state index contributed by atoms with van der Waals surface area (Å²) >= 11 is 0. The summed E-state index contributed by atoms with van der Waals surface area (Å²) in [6.45, 7) is 6.07. The lowest BCUT2D eigenvalue weighted by Gasteiger charge is -2.21. The van der Waals surface area contributed by atoms with E-state index < -0.39 is 0 Å². The maximum Gasteiger partial charge on any atom is 0.270 e. The van der Waals surface area contributed by atoms with Crippen LogP contribution in [0.5, 0.6) is 5.75 Å². The van der Waals surface area contributed by atoms with Gasteiger partial charge >= 0.3 is 0 Å². The molecule has 6 heteroatoms. The molecule has 0 spiro atoms. The minimum Gasteiger partial charge on any atom is -0.496 e. The summed E-state index contributed by atoms with van der Waals surface area (Å²) in [6.07, 6.45) is 2.57. The third kappa shape index (κ3) is 4.41. The van der Waals surface area contributed by atoms with Crippen LogP contribution in [-0.2, 0) is 6.54 Å². The van der Waals surface area contributed by atoms with E-state index in [1.165, 1.54) is 32.0 Å². The predicted octanol–water partition coefficient (Wildman–Crippen LogP) is 2.18. The van der Waals surface area contributed by atoms with Gasteiger partial charge in [0.05, 0.1) is 12.0 Å². The zero-order valence-electron chi connectivity index (χ0n) is 12.7. The summed E-state index contributed by atoms with van der Waals surface area (Å²) in [5, 5.41) is 14.3. The zero-order chi connectivity index (χ0) is 15.2. The topological polar surface area (TPSA) is 67.6 Å². The van der Waals surface area contributed by atoms with Crippen molar-refractivity contribution in [2.45, 2.75) is 32.4 Å². The van der Waals surface area contributed by atoms with Crippen LogP contribution in [0.15, 0.2) is 18.2 Å². The molecule has 1 aromatic rings. The van der Waals surface area contributed by atoms with E-state index in [1.807, 2.05) is 0 Å². The van der Waals surface area contributed by atoms with Crippen molar-refractivity contribution >= 4 is 5.69 Å². The van der Waals surface area contributed by atoms with Crippen molar-refractivity contribution in [2.24, 2.45) is 0 Å². The normalized spacial score (nSPS) is 16.9. The van der Waals surface area contributed by atoms with Crippen LogP contribution in [0.2, 0.25) is 0 Å². The Morgan fingerprint density at radius 2 is 2.14 bits per heavy atom. The summed E-state index contributed by atoms with van der Waals surface area (Å²) in [6, 6.07) is 5.04. The quantitative estimate of drug-likeness (QED) is 0.616. The number of hydrogen-bond acceptors (Lipinski definition) is 5. The molecule has 1 atom stereocenters. The van der Waals surface area contributed by atoms with Crippen molar-refractivity contribution in [3.8, 4) is 5.75 Å². The number of methoxy groups -OCH3 is 1. The van der Waals surface area contributed by atoms with Crippen LogP contribution in [0.4, 0.5) is 5.69 Å². The Morgan fingerprint density at radius 1 is 1.43 bits per heavy atom. The van der Waals surface area contributed by atoms with Gasteiger partial charge in [-0.1, -0.05) is 0 Å². The Labute approximate surface area is 125 Å². The van der Waals surface area contributed by atoms with Gasteiger partial charge in [-0.15, -0.1) is 0 Å². The first-order valence-electron chi connectivity index (χ1n) is 7.37. The van der Waals surface area contributed by atoms with Gasteiger partial charge in [-0.2, -0.15) is 0 Å². The number of nitro groups is 1. The first kappa shape index (κ1) is 15.7. The zero-order valence-corrected chi connectivity index (χ0v) is 12.7. The van der Waals surface area contributed by atoms with Crippen LogP contribution in [0.3, 0.4) is 0 Å². The van der Waals surface area contributed by atoms with E-state index in [-0.39, 0.29) is 10.6 Å². The number of benzene rings is 1. The highest BCUT2D eigenvalue weighted by molar-refractivity contribution is 5.43. The fraction of sp³-hybridized carbons (Fsp3) is 0.600.